The molecule has 0 saturated carbocycles. The Morgan fingerprint density at radius 2 is 1.86 bits per heavy atom. The van der Waals surface area contributed by atoms with E-state index in [0.29, 0.717) is 5.75 Å². The predicted octanol–water partition coefficient (Wildman–Crippen LogP) is 1.13. The fraction of sp³-hybridized carbons (Fsp3) is 0.500. The van der Waals surface area contributed by atoms with E-state index < -0.39 is 30.5 Å². The van der Waals surface area contributed by atoms with Crippen LogP contribution in [0, 0.1) is 10.1 Å². The Hall–Kier alpha value is -1.32. The zero-order valence-corrected chi connectivity index (χ0v) is 13.3. The van der Waals surface area contributed by atoms with Gasteiger partial charge in [-0.2, -0.15) is 4.31 Å². The number of non-ortho nitro benzene ring substituents is 1. The van der Waals surface area contributed by atoms with E-state index >= 15 is 0 Å². The van der Waals surface area contributed by atoms with E-state index in [4.69, 9.17) is 0 Å². The average Bonchev–Trinajstić information content (AvgIpc) is 2.41. The largest absolute Gasteiger partial charge is 0.269 e. The average molecular weight is 332 g/mol. The Morgan fingerprint density at radius 1 is 1.29 bits per heavy atom. The maximum Gasteiger partial charge on any atom is 0.269 e. The van der Waals surface area contributed by atoms with Crippen molar-refractivity contribution in [1.82, 2.24) is 4.31 Å². The van der Waals surface area contributed by atoms with E-state index in [1.807, 2.05) is 0 Å². The topological polar surface area (TPSA) is 97.6 Å². The molecule has 1 aliphatic heterocycles. The fourth-order valence-electron chi connectivity index (χ4n) is 2.13. The van der Waals surface area contributed by atoms with Crippen LogP contribution in [0.15, 0.2) is 29.2 Å². The first-order chi connectivity index (χ1) is 9.64. The van der Waals surface area contributed by atoms with E-state index in [2.05, 4.69) is 0 Å². The summed E-state index contributed by atoms with van der Waals surface area (Å²) in [7, 11) is -4.79. The normalized spacial score (nSPS) is 22.9. The highest BCUT2D eigenvalue weighted by Gasteiger charge is 2.38. The number of rotatable bonds is 3. The fourth-order valence-corrected chi connectivity index (χ4v) is 5.17. The van der Waals surface area contributed by atoms with E-state index in [1.54, 1.807) is 13.8 Å². The highest BCUT2D eigenvalue weighted by Crippen LogP contribution is 2.26. The molecule has 7 nitrogen and oxygen atoms in total. The lowest BCUT2D eigenvalue weighted by Gasteiger charge is -2.36. The SMILES string of the molecule is CC1(C)CN(S(=O)(=O)c2ccc([N+](=O)[O-])cc2)CC[S@]1=O. The van der Waals surface area contributed by atoms with Crippen LogP contribution in [0.5, 0.6) is 0 Å². The van der Waals surface area contributed by atoms with Gasteiger partial charge in [0.1, 0.15) is 0 Å². The summed E-state index contributed by atoms with van der Waals surface area (Å²) in [6.07, 6.45) is 0. The molecule has 1 saturated heterocycles. The smallest absolute Gasteiger partial charge is 0.259 e. The minimum atomic E-state index is -3.72. The molecule has 0 bridgehead atoms. The summed E-state index contributed by atoms with van der Waals surface area (Å²) >= 11 is 0. The van der Waals surface area contributed by atoms with Gasteiger partial charge >= 0.3 is 0 Å². The quantitative estimate of drug-likeness (QED) is 0.610. The molecular weight excluding hydrogens is 316 g/mol. The number of hydrogen-bond donors (Lipinski definition) is 0. The van der Waals surface area contributed by atoms with E-state index in [0.717, 1.165) is 0 Å². The van der Waals surface area contributed by atoms with Crippen LogP contribution in [0.1, 0.15) is 13.8 Å². The summed E-state index contributed by atoms with van der Waals surface area (Å²) in [5, 5.41) is 10.6. The molecule has 1 atom stereocenters. The van der Waals surface area contributed by atoms with Crippen LogP contribution in [0.4, 0.5) is 5.69 Å². The van der Waals surface area contributed by atoms with E-state index in [9.17, 15) is 22.7 Å². The number of nitro groups is 1. The van der Waals surface area contributed by atoms with Crippen molar-refractivity contribution in [3.05, 3.63) is 34.4 Å². The van der Waals surface area contributed by atoms with Crippen molar-refractivity contribution >= 4 is 26.5 Å². The van der Waals surface area contributed by atoms with Gasteiger partial charge in [-0.3, -0.25) is 14.3 Å². The van der Waals surface area contributed by atoms with Gasteiger partial charge in [-0.15, -0.1) is 0 Å². The van der Waals surface area contributed by atoms with Crippen molar-refractivity contribution in [2.45, 2.75) is 23.5 Å². The molecule has 1 fully saturated rings. The first-order valence-corrected chi connectivity index (χ1v) is 9.03. The molecule has 21 heavy (non-hydrogen) atoms. The first-order valence-electron chi connectivity index (χ1n) is 6.28. The molecule has 0 radical (unpaired) electrons. The molecule has 0 aliphatic carbocycles. The summed E-state index contributed by atoms with van der Waals surface area (Å²) in [5.74, 6) is 0.291. The summed E-state index contributed by atoms with van der Waals surface area (Å²) in [4.78, 5) is 10.0. The van der Waals surface area contributed by atoms with Gasteiger partial charge in [-0.1, -0.05) is 0 Å². The first kappa shape index (κ1) is 16.1. The molecule has 1 heterocycles. The van der Waals surface area contributed by atoms with Crippen molar-refractivity contribution in [3.8, 4) is 0 Å². The molecule has 116 valence electrons. The zero-order valence-electron chi connectivity index (χ0n) is 11.7. The molecule has 2 rings (SSSR count). The van der Waals surface area contributed by atoms with Gasteiger partial charge in [0.25, 0.3) is 5.69 Å². The van der Waals surface area contributed by atoms with Crippen LogP contribution < -0.4 is 0 Å². The summed E-state index contributed by atoms with van der Waals surface area (Å²) in [6, 6.07) is 4.79. The Bertz CT molecular complexity index is 682. The van der Waals surface area contributed by atoms with Crippen LogP contribution >= 0.6 is 0 Å². The van der Waals surface area contributed by atoms with Crippen LogP contribution in [0.3, 0.4) is 0 Å². The standard InChI is InChI=1S/C12H16N2O5S2/c1-12(2)9-13(7-8-20(12)17)21(18,19)11-5-3-10(4-6-11)14(15)16/h3-6H,7-9H2,1-2H3/t20-/m1/s1. The third-order valence-electron chi connectivity index (χ3n) is 3.38. The van der Waals surface area contributed by atoms with Gasteiger partial charge in [0.05, 0.1) is 14.6 Å². The highest BCUT2D eigenvalue weighted by molar-refractivity contribution is 7.89. The van der Waals surface area contributed by atoms with Gasteiger partial charge in [0, 0.05) is 41.8 Å². The zero-order chi connectivity index (χ0) is 15.8. The Balaban J connectivity index is 2.30. The van der Waals surface area contributed by atoms with Gasteiger partial charge in [-0.25, -0.2) is 8.42 Å². The summed E-state index contributed by atoms with van der Waals surface area (Å²) in [5.41, 5.74) is -0.158. The maximum atomic E-state index is 12.5. The molecule has 1 aliphatic rings. The number of sulfonamides is 1. The molecule has 1 aromatic carbocycles. The Kier molecular flexibility index (Phi) is 4.18. The highest BCUT2D eigenvalue weighted by atomic mass is 32.2. The van der Waals surface area contributed by atoms with Gasteiger partial charge in [-0.05, 0) is 26.0 Å². The number of nitrogens with zero attached hydrogens (tertiary/aromatic N) is 2. The Labute approximate surface area is 125 Å². The minimum Gasteiger partial charge on any atom is -0.259 e. The molecule has 9 heteroatoms. The molecule has 1 aromatic rings. The second kappa shape index (κ2) is 5.47. The van der Waals surface area contributed by atoms with Crippen LogP contribution in [-0.2, 0) is 20.8 Å². The van der Waals surface area contributed by atoms with Crippen LogP contribution in [0.2, 0.25) is 0 Å². The molecule has 0 unspecified atom stereocenters. The van der Waals surface area contributed by atoms with E-state index in [-0.39, 0.29) is 23.7 Å². The lowest BCUT2D eigenvalue weighted by molar-refractivity contribution is -0.384. The monoisotopic (exact) mass is 332 g/mol. The van der Waals surface area contributed by atoms with Crippen LogP contribution in [-0.4, -0.2) is 45.4 Å². The predicted molar refractivity (Wildman–Crippen MR) is 78.9 cm³/mol. The van der Waals surface area contributed by atoms with E-state index in [1.165, 1.54) is 28.6 Å². The molecule has 0 aromatic heterocycles. The van der Waals surface area contributed by atoms with Crippen molar-refractivity contribution < 1.29 is 17.6 Å². The van der Waals surface area contributed by atoms with Crippen molar-refractivity contribution in [2.24, 2.45) is 0 Å². The minimum absolute atomic E-state index is 0.0107. The third kappa shape index (κ3) is 3.14. The second-order valence-corrected chi connectivity index (χ2v) is 9.54. The molecule has 0 amide bonds. The maximum absolute atomic E-state index is 12.5. The van der Waals surface area contributed by atoms with Gasteiger partial charge in [0.15, 0.2) is 0 Å². The summed E-state index contributed by atoms with van der Waals surface area (Å²) in [6.45, 7) is 3.88. The lowest BCUT2D eigenvalue weighted by atomic mass is 10.2. The third-order valence-corrected chi connectivity index (χ3v) is 7.16. The molecule has 0 spiro atoms. The second-order valence-electron chi connectivity index (χ2n) is 5.40. The number of hydrogen-bond acceptors (Lipinski definition) is 5. The number of benzene rings is 1. The van der Waals surface area contributed by atoms with Crippen molar-refractivity contribution in [2.75, 3.05) is 18.8 Å². The van der Waals surface area contributed by atoms with Crippen LogP contribution in [0.25, 0.3) is 0 Å². The van der Waals surface area contributed by atoms with Crippen molar-refractivity contribution in [3.63, 3.8) is 0 Å². The van der Waals surface area contributed by atoms with Gasteiger partial charge in [0.2, 0.25) is 10.0 Å². The molecule has 0 N–H and O–H groups in total. The Morgan fingerprint density at radius 3 is 2.33 bits per heavy atom. The molecular formula is C12H16N2O5S2. The summed E-state index contributed by atoms with van der Waals surface area (Å²) < 4.78 is 37.6. The van der Waals surface area contributed by atoms with Crippen molar-refractivity contribution in [1.29, 1.82) is 0 Å². The number of nitro benzene ring substituents is 1. The van der Waals surface area contributed by atoms with Gasteiger partial charge < -0.3 is 0 Å². The lowest BCUT2D eigenvalue weighted by Crippen LogP contribution is -2.51.